The number of aromatic nitrogens is 2. The monoisotopic (exact) mass is 307 g/mol. The number of rotatable bonds is 2. The Morgan fingerprint density at radius 2 is 1.90 bits per heavy atom. The first-order valence-electron chi connectivity index (χ1n) is 6.72. The Balaban J connectivity index is 0.00000161. The van der Waals surface area contributed by atoms with Crippen molar-refractivity contribution in [2.75, 3.05) is 6.54 Å². The van der Waals surface area contributed by atoms with Crippen molar-refractivity contribution in [3.05, 3.63) is 68.0 Å². The summed E-state index contributed by atoms with van der Waals surface area (Å²) in [4.78, 5) is 28.8. The molecular formula is C15H18ClN3O2. The summed E-state index contributed by atoms with van der Waals surface area (Å²) in [6.07, 6.45) is 0.716. The number of halogens is 1. The number of benzene rings is 1. The Morgan fingerprint density at radius 3 is 2.62 bits per heavy atom. The first kappa shape index (κ1) is 15.5. The molecule has 0 fully saturated rings. The summed E-state index contributed by atoms with van der Waals surface area (Å²) in [5, 5.41) is 0. The van der Waals surface area contributed by atoms with E-state index < -0.39 is 0 Å². The minimum absolute atomic E-state index is 0. The second-order valence-corrected chi connectivity index (χ2v) is 5.20. The van der Waals surface area contributed by atoms with E-state index in [1.807, 2.05) is 18.2 Å². The third-order valence-corrected chi connectivity index (χ3v) is 3.80. The lowest BCUT2D eigenvalue weighted by Crippen LogP contribution is -2.42. The predicted octanol–water partition coefficient (Wildman–Crippen LogP) is 1.05. The number of hydrogen-bond acceptors (Lipinski definition) is 3. The van der Waals surface area contributed by atoms with Crippen molar-refractivity contribution in [3.8, 4) is 0 Å². The van der Waals surface area contributed by atoms with Crippen molar-refractivity contribution >= 4 is 12.4 Å². The fourth-order valence-corrected chi connectivity index (χ4v) is 2.64. The van der Waals surface area contributed by atoms with Crippen LogP contribution in [0.2, 0.25) is 0 Å². The van der Waals surface area contributed by atoms with Crippen LogP contribution >= 0.6 is 12.4 Å². The lowest BCUT2D eigenvalue weighted by molar-refractivity contribution is 0.240. The molecule has 0 spiro atoms. The van der Waals surface area contributed by atoms with Gasteiger partial charge in [-0.2, -0.15) is 0 Å². The van der Waals surface area contributed by atoms with Gasteiger partial charge in [0.05, 0.1) is 5.56 Å². The van der Waals surface area contributed by atoms with Crippen LogP contribution in [0.1, 0.15) is 16.8 Å². The molecule has 5 nitrogen and oxygen atoms in total. The van der Waals surface area contributed by atoms with E-state index in [0.29, 0.717) is 18.5 Å². The highest BCUT2D eigenvalue weighted by atomic mass is 35.5. The summed E-state index contributed by atoms with van der Waals surface area (Å²) in [5.41, 5.74) is 2.24. The molecule has 2 aromatic rings. The third-order valence-electron chi connectivity index (χ3n) is 3.80. The molecule has 0 unspecified atom stereocenters. The smallest absolute Gasteiger partial charge is 0.311 e. The molecule has 0 atom stereocenters. The van der Waals surface area contributed by atoms with Crippen molar-refractivity contribution in [3.63, 3.8) is 0 Å². The van der Waals surface area contributed by atoms with Gasteiger partial charge in [-0.3, -0.25) is 14.3 Å². The van der Waals surface area contributed by atoms with Crippen LogP contribution in [-0.2, 0) is 26.6 Å². The first-order chi connectivity index (χ1) is 9.65. The number of hydrogen-bond donors (Lipinski definition) is 1. The molecule has 1 N–H and O–H groups in total. The van der Waals surface area contributed by atoms with Gasteiger partial charge in [0.15, 0.2) is 0 Å². The molecule has 0 radical (unpaired) electrons. The number of aromatic amines is 1. The molecule has 6 heteroatoms. The molecule has 0 bridgehead atoms. The van der Waals surface area contributed by atoms with Crippen LogP contribution in [0.25, 0.3) is 0 Å². The molecule has 1 aromatic carbocycles. The summed E-state index contributed by atoms with van der Waals surface area (Å²) >= 11 is 0. The molecule has 112 valence electrons. The van der Waals surface area contributed by atoms with Gasteiger partial charge in [0, 0.05) is 38.8 Å². The maximum Gasteiger partial charge on any atom is 0.328 e. The van der Waals surface area contributed by atoms with Gasteiger partial charge in [-0.1, -0.05) is 30.3 Å². The van der Waals surface area contributed by atoms with E-state index in [9.17, 15) is 9.59 Å². The average molecular weight is 308 g/mol. The predicted molar refractivity (Wildman–Crippen MR) is 83.8 cm³/mol. The number of nitrogens with zero attached hydrogens (tertiary/aromatic N) is 2. The summed E-state index contributed by atoms with van der Waals surface area (Å²) in [5.74, 6) is 0. The largest absolute Gasteiger partial charge is 0.328 e. The zero-order valence-corrected chi connectivity index (χ0v) is 12.7. The van der Waals surface area contributed by atoms with Crippen LogP contribution in [0.4, 0.5) is 0 Å². The molecular weight excluding hydrogens is 290 g/mol. The summed E-state index contributed by atoms with van der Waals surface area (Å²) < 4.78 is 1.14. The van der Waals surface area contributed by atoms with Gasteiger partial charge in [-0.25, -0.2) is 4.79 Å². The van der Waals surface area contributed by atoms with E-state index in [4.69, 9.17) is 0 Å². The van der Waals surface area contributed by atoms with Gasteiger partial charge in [0.1, 0.15) is 0 Å². The van der Waals surface area contributed by atoms with Crippen molar-refractivity contribution in [1.29, 1.82) is 0 Å². The van der Waals surface area contributed by atoms with E-state index in [1.54, 1.807) is 0 Å². The Bertz CT molecular complexity index is 737. The lowest BCUT2D eigenvalue weighted by Gasteiger charge is -2.28. The Morgan fingerprint density at radius 1 is 1.19 bits per heavy atom. The second-order valence-electron chi connectivity index (χ2n) is 5.20. The summed E-state index contributed by atoms with van der Waals surface area (Å²) in [6.45, 7) is 2.27. The highest BCUT2D eigenvalue weighted by Crippen LogP contribution is 2.15. The van der Waals surface area contributed by atoms with Crippen LogP contribution in [0.3, 0.4) is 0 Å². The molecule has 1 aliphatic heterocycles. The van der Waals surface area contributed by atoms with Gasteiger partial charge in [-0.15, -0.1) is 12.4 Å². The van der Waals surface area contributed by atoms with Gasteiger partial charge in [-0.05, 0) is 5.56 Å². The van der Waals surface area contributed by atoms with Crippen LogP contribution in [0.5, 0.6) is 0 Å². The average Bonchev–Trinajstić information content (AvgIpc) is 2.47. The van der Waals surface area contributed by atoms with E-state index in [1.165, 1.54) is 12.6 Å². The van der Waals surface area contributed by atoms with Crippen LogP contribution in [-0.4, -0.2) is 21.0 Å². The van der Waals surface area contributed by atoms with Gasteiger partial charge in [0.25, 0.3) is 5.56 Å². The maximum absolute atomic E-state index is 12.1. The Kier molecular flexibility index (Phi) is 4.65. The van der Waals surface area contributed by atoms with Crippen molar-refractivity contribution in [2.24, 2.45) is 7.05 Å². The molecule has 1 aliphatic rings. The minimum atomic E-state index is -0.328. The molecule has 3 rings (SSSR count). The van der Waals surface area contributed by atoms with E-state index >= 15 is 0 Å². The van der Waals surface area contributed by atoms with E-state index in [-0.39, 0.29) is 23.7 Å². The third kappa shape index (κ3) is 3.09. The van der Waals surface area contributed by atoms with Crippen molar-refractivity contribution in [2.45, 2.75) is 19.5 Å². The van der Waals surface area contributed by atoms with Crippen molar-refractivity contribution in [1.82, 2.24) is 14.5 Å². The molecule has 2 heterocycles. The van der Waals surface area contributed by atoms with E-state index in [0.717, 1.165) is 23.4 Å². The molecule has 1 aromatic heterocycles. The highest BCUT2D eigenvalue weighted by molar-refractivity contribution is 5.85. The quantitative estimate of drug-likeness (QED) is 0.902. The van der Waals surface area contributed by atoms with Gasteiger partial charge >= 0.3 is 5.69 Å². The second kappa shape index (κ2) is 6.28. The molecule has 21 heavy (non-hydrogen) atoms. The zero-order valence-electron chi connectivity index (χ0n) is 11.8. The number of fused-ring (bicyclic) bond motifs is 1. The SMILES string of the molecule is Cl.Cn1c(=O)[nH]c2c(c1=O)CN(Cc1ccccc1)CC2. The van der Waals surface area contributed by atoms with Gasteiger partial charge < -0.3 is 4.98 Å². The molecule has 0 saturated carbocycles. The normalized spacial score (nSPS) is 14.3. The van der Waals surface area contributed by atoms with E-state index in [2.05, 4.69) is 22.0 Å². The zero-order chi connectivity index (χ0) is 14.1. The van der Waals surface area contributed by atoms with Gasteiger partial charge in [0.2, 0.25) is 0 Å². The Labute approximate surface area is 128 Å². The maximum atomic E-state index is 12.1. The van der Waals surface area contributed by atoms with Crippen molar-refractivity contribution < 1.29 is 0 Å². The molecule has 0 aliphatic carbocycles. The van der Waals surface area contributed by atoms with Crippen LogP contribution in [0, 0.1) is 0 Å². The fourth-order valence-electron chi connectivity index (χ4n) is 2.64. The lowest BCUT2D eigenvalue weighted by atomic mass is 10.1. The minimum Gasteiger partial charge on any atom is -0.311 e. The highest BCUT2D eigenvalue weighted by Gasteiger charge is 2.21. The van der Waals surface area contributed by atoms with Crippen LogP contribution in [0.15, 0.2) is 39.9 Å². The summed E-state index contributed by atoms with van der Waals surface area (Å²) in [6, 6.07) is 10.2. The molecule has 0 saturated heterocycles. The molecule has 0 amide bonds. The topological polar surface area (TPSA) is 58.1 Å². The Hall–Kier alpha value is -1.85. The number of H-pyrrole nitrogens is 1. The van der Waals surface area contributed by atoms with Crippen LogP contribution < -0.4 is 11.2 Å². The number of nitrogens with one attached hydrogen (secondary N) is 1. The first-order valence-corrected chi connectivity index (χ1v) is 6.72. The summed E-state index contributed by atoms with van der Waals surface area (Å²) in [7, 11) is 1.51. The standard InChI is InChI=1S/C15H17N3O2.ClH/c1-17-14(19)12-10-18(8-7-13(12)16-15(17)20)9-11-5-3-2-4-6-11;/h2-6H,7-10H2,1H3,(H,16,20);1H. The fraction of sp³-hybridized carbons (Fsp3) is 0.333.